The van der Waals surface area contributed by atoms with E-state index < -0.39 is 13.3 Å². The Hall–Kier alpha value is -7.09. The molecule has 0 spiro atoms. The molecule has 0 saturated heterocycles. The summed E-state index contributed by atoms with van der Waals surface area (Å²) in [5.41, 5.74) is 6.35. The Morgan fingerprint density at radius 1 is 0.345 bits per heavy atom. The molecule has 0 N–H and O–H groups in total. The Balaban J connectivity index is 1.24. The van der Waals surface area contributed by atoms with Crippen LogP contribution in [0.3, 0.4) is 0 Å². The Morgan fingerprint density at radius 2 is 0.690 bits per heavy atom. The number of fused-ring (bicyclic) bond motifs is 6. The van der Waals surface area contributed by atoms with Crippen molar-refractivity contribution >= 4 is 74.5 Å². The summed E-state index contributed by atoms with van der Waals surface area (Å²) >= 11 is -3.65. The third-order valence-electron chi connectivity index (χ3n) is 11.8. The van der Waals surface area contributed by atoms with Crippen molar-refractivity contribution < 1.29 is 0 Å². The molecule has 3 aromatic heterocycles. The summed E-state index contributed by atoms with van der Waals surface area (Å²) in [6, 6.07) is 74.3. The maximum atomic E-state index is 5.47. The first kappa shape index (κ1) is 34.2. The van der Waals surface area contributed by atoms with E-state index in [2.05, 4.69) is 222 Å². The van der Waals surface area contributed by atoms with Crippen molar-refractivity contribution in [2.45, 2.75) is 6.92 Å². The minimum absolute atomic E-state index is 0.575. The van der Waals surface area contributed by atoms with Crippen molar-refractivity contribution in [1.29, 1.82) is 0 Å². The molecule has 11 rings (SSSR count). The summed E-state index contributed by atoms with van der Waals surface area (Å²) in [5, 5.41) is 4.62. The van der Waals surface area contributed by atoms with Gasteiger partial charge in [-0.1, -0.05) is 0 Å². The summed E-state index contributed by atoms with van der Waals surface area (Å²) in [6.07, 6.45) is 0. The van der Waals surface area contributed by atoms with Crippen molar-refractivity contribution in [3.63, 3.8) is 0 Å². The molecule has 0 fully saturated rings. The van der Waals surface area contributed by atoms with Crippen molar-refractivity contribution in [2.75, 3.05) is 0 Å². The molecule has 0 amide bonds. The van der Waals surface area contributed by atoms with E-state index >= 15 is 0 Å². The van der Waals surface area contributed by atoms with Gasteiger partial charge in [0.25, 0.3) is 0 Å². The van der Waals surface area contributed by atoms with Crippen LogP contribution in [0.15, 0.2) is 206 Å². The summed E-state index contributed by atoms with van der Waals surface area (Å²) in [4.78, 5) is 16.3. The second kappa shape index (κ2) is 13.8. The van der Waals surface area contributed by atoms with Gasteiger partial charge in [-0.15, -0.1) is 0 Å². The van der Waals surface area contributed by atoms with Gasteiger partial charge < -0.3 is 0 Å². The van der Waals surface area contributed by atoms with Gasteiger partial charge in [-0.2, -0.15) is 0 Å². The van der Waals surface area contributed by atoms with Crippen molar-refractivity contribution in [1.82, 2.24) is 24.1 Å². The van der Waals surface area contributed by atoms with Crippen LogP contribution in [0.25, 0.3) is 66.9 Å². The molecule has 58 heavy (non-hydrogen) atoms. The van der Waals surface area contributed by atoms with Crippen LogP contribution in [0.2, 0.25) is 0 Å². The number of aromatic nitrogens is 5. The predicted molar refractivity (Wildman–Crippen MR) is 242 cm³/mol. The van der Waals surface area contributed by atoms with Crippen molar-refractivity contribution in [3.05, 3.63) is 212 Å². The topological polar surface area (TPSA) is 48.5 Å². The van der Waals surface area contributed by atoms with E-state index in [0.29, 0.717) is 17.7 Å². The SMILES string of the molecule is Cc1c(-c2nc(-n3c4ccccc4c4ccccc43)nc(-n3c4ccccc4c4ccccc43)n2)ccc[c]1[Ge]([c]1ccccc1)([c]1ccccc1)[c]1ccccc1. The maximum absolute atomic E-state index is 5.47. The van der Waals surface area contributed by atoms with Gasteiger partial charge in [0.1, 0.15) is 0 Å². The third kappa shape index (κ3) is 5.20. The number of rotatable bonds is 7. The number of hydrogen-bond acceptors (Lipinski definition) is 3. The normalized spacial score (nSPS) is 11.9. The van der Waals surface area contributed by atoms with Crippen LogP contribution in [0.5, 0.6) is 0 Å². The molecule has 11 aromatic rings. The second-order valence-corrected chi connectivity index (χ2v) is 22.7. The number of benzene rings is 8. The quantitative estimate of drug-likeness (QED) is 0.151. The Kier molecular flexibility index (Phi) is 8.15. The number of hydrogen-bond donors (Lipinski definition) is 0. The first-order chi connectivity index (χ1) is 28.7. The molecule has 0 aliphatic carbocycles. The molecule has 0 saturated carbocycles. The van der Waals surface area contributed by atoms with Gasteiger partial charge in [0, 0.05) is 0 Å². The molecule has 274 valence electrons. The first-order valence-electron chi connectivity index (χ1n) is 19.7. The van der Waals surface area contributed by atoms with Gasteiger partial charge in [-0.05, 0) is 0 Å². The summed E-state index contributed by atoms with van der Waals surface area (Å²) in [6.45, 7) is 2.27. The summed E-state index contributed by atoms with van der Waals surface area (Å²) in [5.74, 6) is 1.78. The van der Waals surface area contributed by atoms with Gasteiger partial charge in [0.2, 0.25) is 0 Å². The molecule has 6 heteroatoms. The van der Waals surface area contributed by atoms with Gasteiger partial charge in [-0.3, -0.25) is 0 Å². The van der Waals surface area contributed by atoms with Crippen LogP contribution >= 0.6 is 0 Å². The Morgan fingerprint density at radius 3 is 1.07 bits per heavy atom. The van der Waals surface area contributed by atoms with E-state index in [1.807, 2.05) is 0 Å². The van der Waals surface area contributed by atoms with Gasteiger partial charge in [0.15, 0.2) is 0 Å². The number of para-hydroxylation sites is 4. The summed E-state index contributed by atoms with van der Waals surface area (Å²) in [7, 11) is 0. The van der Waals surface area contributed by atoms with Crippen molar-refractivity contribution in [2.24, 2.45) is 0 Å². The second-order valence-electron chi connectivity index (χ2n) is 14.8. The van der Waals surface area contributed by atoms with Gasteiger partial charge in [-0.25, -0.2) is 0 Å². The number of nitrogens with zero attached hydrogens (tertiary/aromatic N) is 5. The van der Waals surface area contributed by atoms with Crippen LogP contribution in [0.4, 0.5) is 0 Å². The molecule has 0 aliphatic rings. The third-order valence-corrected chi connectivity index (χ3v) is 22.2. The molecule has 3 heterocycles. The average molecular weight is 805 g/mol. The fraction of sp³-hybridized carbons (Fsp3) is 0.0192. The Labute approximate surface area is 338 Å². The van der Waals surface area contributed by atoms with Crippen LogP contribution in [0, 0.1) is 6.92 Å². The van der Waals surface area contributed by atoms with Crippen LogP contribution in [-0.2, 0) is 0 Å². The monoisotopic (exact) mass is 805 g/mol. The van der Waals surface area contributed by atoms with Crippen molar-refractivity contribution in [3.8, 4) is 23.3 Å². The predicted octanol–water partition coefficient (Wildman–Crippen LogP) is 9.42. The fourth-order valence-electron chi connectivity index (χ4n) is 9.27. The zero-order valence-corrected chi connectivity index (χ0v) is 34.0. The molecule has 0 unspecified atom stereocenters. The van der Waals surface area contributed by atoms with E-state index in [0.717, 1.165) is 49.2 Å². The van der Waals surface area contributed by atoms with Crippen LogP contribution < -0.4 is 17.6 Å². The molecule has 0 aliphatic heterocycles. The van der Waals surface area contributed by atoms with E-state index in [1.54, 1.807) is 0 Å². The summed E-state index contributed by atoms with van der Waals surface area (Å²) < 4.78 is 9.85. The van der Waals surface area contributed by atoms with Crippen LogP contribution in [0.1, 0.15) is 5.56 Å². The molecule has 5 nitrogen and oxygen atoms in total. The standard InChI is InChI=1S/C52H37GeN5/c1-36-40(30-19-31-45(36)53(37-20-5-2-6-21-37,38-22-7-3-8-23-38)39-24-9-4-10-25-39)50-54-51(57-46-32-15-11-26-41(46)42-27-12-16-33-47(42)57)56-52(55-50)58-48-34-17-13-28-43(48)44-29-14-18-35-49(44)58/h2-35H,1H3. The minimum atomic E-state index is -3.65. The van der Waals surface area contributed by atoms with Crippen LogP contribution in [-0.4, -0.2) is 37.4 Å². The van der Waals surface area contributed by atoms with E-state index in [9.17, 15) is 0 Å². The average Bonchev–Trinajstić information content (AvgIpc) is 3.81. The molecule has 0 atom stereocenters. The first-order valence-corrected chi connectivity index (χ1v) is 23.9. The molecule has 0 radical (unpaired) electrons. The molecular formula is C52H37GeN5. The van der Waals surface area contributed by atoms with Gasteiger partial charge >= 0.3 is 341 Å². The van der Waals surface area contributed by atoms with Gasteiger partial charge in [0.05, 0.1) is 0 Å². The zero-order chi connectivity index (χ0) is 38.6. The van der Waals surface area contributed by atoms with E-state index in [4.69, 9.17) is 15.0 Å². The Bertz CT molecular complexity index is 2960. The molecular weight excluding hydrogens is 767 g/mol. The fourth-order valence-corrected chi connectivity index (χ4v) is 19.9. The van der Waals surface area contributed by atoms with E-state index in [-0.39, 0.29) is 0 Å². The molecule has 0 bridgehead atoms. The zero-order valence-electron chi connectivity index (χ0n) is 31.9. The van der Waals surface area contributed by atoms with E-state index in [1.165, 1.54) is 23.1 Å². The molecule has 8 aromatic carbocycles.